The maximum absolute atomic E-state index is 5.57. The van der Waals surface area contributed by atoms with Crippen LogP contribution in [-0.4, -0.2) is 11.5 Å². The molecule has 0 aliphatic heterocycles. The lowest BCUT2D eigenvalue weighted by Gasteiger charge is -2.06. The first-order valence-corrected chi connectivity index (χ1v) is 7.01. The van der Waals surface area contributed by atoms with E-state index >= 15 is 0 Å². The van der Waals surface area contributed by atoms with Crippen LogP contribution in [0.4, 0.5) is 0 Å². The van der Waals surface area contributed by atoms with Crippen LogP contribution in [0.1, 0.15) is 30.3 Å². The van der Waals surface area contributed by atoms with Gasteiger partial charge >= 0.3 is 0 Å². The van der Waals surface area contributed by atoms with Gasteiger partial charge in [0.05, 0.1) is 15.2 Å². The second kappa shape index (κ2) is 4.82. The lowest BCUT2D eigenvalue weighted by molar-refractivity contribution is 0.870. The largest absolute Gasteiger partial charge is 0.330 e. The van der Waals surface area contributed by atoms with Crippen molar-refractivity contribution in [3.63, 3.8) is 0 Å². The molecule has 0 fully saturated rings. The highest BCUT2D eigenvalue weighted by molar-refractivity contribution is 9.10. The van der Waals surface area contributed by atoms with Gasteiger partial charge < -0.3 is 5.73 Å². The van der Waals surface area contributed by atoms with E-state index in [-0.39, 0.29) is 0 Å². The number of benzene rings is 1. The predicted molar refractivity (Wildman–Crippen MR) is 74.2 cm³/mol. The maximum atomic E-state index is 5.57. The maximum Gasteiger partial charge on any atom is 0.0951 e. The van der Waals surface area contributed by atoms with Gasteiger partial charge in [-0.05, 0) is 30.2 Å². The monoisotopic (exact) mass is 298 g/mol. The third-order valence-electron chi connectivity index (χ3n) is 2.51. The number of aromatic nitrogens is 1. The average Bonchev–Trinajstić information content (AvgIpc) is 2.59. The van der Waals surface area contributed by atoms with Crippen LogP contribution in [0.2, 0.25) is 0 Å². The summed E-state index contributed by atoms with van der Waals surface area (Å²) in [5.41, 5.74) is 8.02. The molecule has 0 saturated carbocycles. The lowest BCUT2D eigenvalue weighted by Crippen LogP contribution is -2.01. The van der Waals surface area contributed by atoms with Crippen LogP contribution in [0.15, 0.2) is 16.6 Å². The topological polar surface area (TPSA) is 38.9 Å². The molecule has 0 saturated heterocycles. The van der Waals surface area contributed by atoms with E-state index in [1.54, 1.807) is 11.3 Å². The molecule has 86 valence electrons. The van der Waals surface area contributed by atoms with Gasteiger partial charge in [0, 0.05) is 10.9 Å². The minimum absolute atomic E-state index is 0.493. The van der Waals surface area contributed by atoms with Gasteiger partial charge in [-0.25, -0.2) is 4.98 Å². The molecule has 0 aliphatic carbocycles. The van der Waals surface area contributed by atoms with Crippen molar-refractivity contribution in [3.8, 4) is 0 Å². The Balaban J connectivity index is 2.60. The fraction of sp³-hybridized carbons (Fsp3) is 0.417. The van der Waals surface area contributed by atoms with E-state index < -0.39 is 0 Å². The summed E-state index contributed by atoms with van der Waals surface area (Å²) in [5, 5.41) is 1.14. The predicted octanol–water partition coefficient (Wildman–Crippen LogP) is 3.68. The molecular weight excluding hydrogens is 284 g/mol. The summed E-state index contributed by atoms with van der Waals surface area (Å²) in [4.78, 5) is 4.68. The van der Waals surface area contributed by atoms with Crippen LogP contribution in [-0.2, 0) is 6.42 Å². The minimum atomic E-state index is 0.493. The van der Waals surface area contributed by atoms with Gasteiger partial charge in [0.25, 0.3) is 0 Å². The number of halogens is 1. The summed E-state index contributed by atoms with van der Waals surface area (Å²) < 4.78 is 2.38. The Morgan fingerprint density at radius 1 is 1.44 bits per heavy atom. The number of hydrogen-bond donors (Lipinski definition) is 1. The fourth-order valence-corrected chi connectivity index (χ4v) is 3.42. The summed E-state index contributed by atoms with van der Waals surface area (Å²) in [6, 6.07) is 4.30. The van der Waals surface area contributed by atoms with Crippen molar-refractivity contribution in [2.24, 2.45) is 5.73 Å². The molecule has 0 spiro atoms. The third kappa shape index (κ3) is 2.29. The quantitative estimate of drug-likeness (QED) is 0.939. The zero-order chi connectivity index (χ0) is 11.7. The highest BCUT2D eigenvalue weighted by Gasteiger charge is 2.11. The highest BCUT2D eigenvalue weighted by atomic mass is 79.9. The van der Waals surface area contributed by atoms with Gasteiger partial charge in [-0.2, -0.15) is 0 Å². The summed E-state index contributed by atoms with van der Waals surface area (Å²) in [6.45, 7) is 5.06. The lowest BCUT2D eigenvalue weighted by atomic mass is 10.0. The van der Waals surface area contributed by atoms with Crippen molar-refractivity contribution in [2.75, 3.05) is 6.54 Å². The van der Waals surface area contributed by atoms with Crippen LogP contribution >= 0.6 is 27.3 Å². The zero-order valence-electron chi connectivity index (χ0n) is 9.46. The van der Waals surface area contributed by atoms with Crippen molar-refractivity contribution < 1.29 is 0 Å². The molecule has 1 heterocycles. The summed E-state index contributed by atoms with van der Waals surface area (Å²) in [7, 11) is 0. The van der Waals surface area contributed by atoms with Crippen molar-refractivity contribution in [3.05, 3.63) is 27.2 Å². The minimum Gasteiger partial charge on any atom is -0.330 e. The smallest absolute Gasteiger partial charge is 0.0951 e. The van der Waals surface area contributed by atoms with Crippen molar-refractivity contribution in [1.82, 2.24) is 4.98 Å². The number of thiazole rings is 1. The number of hydrogen-bond acceptors (Lipinski definition) is 3. The zero-order valence-corrected chi connectivity index (χ0v) is 11.9. The van der Waals surface area contributed by atoms with Crippen LogP contribution in [0.3, 0.4) is 0 Å². The molecule has 0 amide bonds. The molecule has 4 heteroatoms. The Morgan fingerprint density at radius 3 is 2.81 bits per heavy atom. The summed E-state index contributed by atoms with van der Waals surface area (Å²) in [5.74, 6) is 0.493. The summed E-state index contributed by atoms with van der Waals surface area (Å²) in [6.07, 6.45) is 0.870. The third-order valence-corrected chi connectivity index (χ3v) is 4.03. The fourth-order valence-electron chi connectivity index (χ4n) is 1.74. The molecular formula is C12H15BrN2S. The molecule has 0 unspecified atom stereocenters. The Labute approximate surface area is 108 Å². The van der Waals surface area contributed by atoms with Crippen molar-refractivity contribution in [1.29, 1.82) is 0 Å². The second-order valence-electron chi connectivity index (χ2n) is 4.14. The van der Waals surface area contributed by atoms with Gasteiger partial charge in [-0.15, -0.1) is 11.3 Å². The van der Waals surface area contributed by atoms with Gasteiger partial charge in [0.1, 0.15) is 0 Å². The molecule has 1 aromatic carbocycles. The van der Waals surface area contributed by atoms with Gasteiger partial charge in [-0.3, -0.25) is 0 Å². The van der Waals surface area contributed by atoms with E-state index in [0.29, 0.717) is 12.5 Å². The number of rotatable bonds is 3. The number of fused-ring (bicyclic) bond motifs is 1. The molecule has 1 aromatic heterocycles. The molecule has 2 N–H and O–H groups in total. The Kier molecular flexibility index (Phi) is 3.62. The highest BCUT2D eigenvalue weighted by Crippen LogP contribution is 2.32. The van der Waals surface area contributed by atoms with Crippen LogP contribution < -0.4 is 5.73 Å². The normalized spacial score (nSPS) is 11.6. The molecule has 2 rings (SSSR count). The van der Waals surface area contributed by atoms with Crippen LogP contribution in [0, 0.1) is 0 Å². The molecule has 2 aromatic rings. The number of nitrogens with two attached hydrogens (primary N) is 1. The van der Waals surface area contributed by atoms with E-state index in [9.17, 15) is 0 Å². The first-order chi connectivity index (χ1) is 7.61. The standard InChI is InChI=1S/C12H15BrN2S/c1-7(2)9-5-8(13)6-10-12(9)15-11(16-10)3-4-14/h5-7H,3-4,14H2,1-2H3. The van der Waals surface area contributed by atoms with Gasteiger partial charge in [-0.1, -0.05) is 29.8 Å². The molecule has 0 radical (unpaired) electrons. The SMILES string of the molecule is CC(C)c1cc(Br)cc2sc(CCN)nc12. The van der Waals surface area contributed by atoms with E-state index in [4.69, 9.17) is 5.73 Å². The van der Waals surface area contributed by atoms with Crippen molar-refractivity contribution in [2.45, 2.75) is 26.2 Å². The molecule has 0 bridgehead atoms. The summed E-state index contributed by atoms with van der Waals surface area (Å²) >= 11 is 5.30. The average molecular weight is 299 g/mol. The van der Waals surface area contributed by atoms with Gasteiger partial charge in [0.2, 0.25) is 0 Å². The van der Waals surface area contributed by atoms with Crippen molar-refractivity contribution >= 4 is 37.5 Å². The van der Waals surface area contributed by atoms with Gasteiger partial charge in [0.15, 0.2) is 0 Å². The van der Waals surface area contributed by atoms with Crippen LogP contribution in [0.25, 0.3) is 10.2 Å². The molecule has 0 atom stereocenters. The second-order valence-corrected chi connectivity index (χ2v) is 6.17. The first-order valence-electron chi connectivity index (χ1n) is 5.40. The Bertz CT molecular complexity index is 505. The molecule has 2 nitrogen and oxygen atoms in total. The Hall–Kier alpha value is -0.450. The Morgan fingerprint density at radius 2 is 2.19 bits per heavy atom. The van der Waals surface area contributed by atoms with E-state index in [1.165, 1.54) is 10.3 Å². The van der Waals surface area contributed by atoms with Crippen LogP contribution in [0.5, 0.6) is 0 Å². The number of nitrogens with zero attached hydrogens (tertiary/aromatic N) is 1. The molecule has 0 aliphatic rings. The first kappa shape index (κ1) is 12.0. The molecule has 16 heavy (non-hydrogen) atoms. The van der Waals surface area contributed by atoms with E-state index in [0.717, 1.165) is 21.4 Å². The van der Waals surface area contributed by atoms with E-state index in [2.05, 4.69) is 46.9 Å². The van der Waals surface area contributed by atoms with E-state index in [1.807, 2.05) is 0 Å².